The third kappa shape index (κ3) is 5.21. The van der Waals surface area contributed by atoms with E-state index in [1.54, 1.807) is 0 Å². The summed E-state index contributed by atoms with van der Waals surface area (Å²) in [5.41, 5.74) is 3.51. The summed E-state index contributed by atoms with van der Waals surface area (Å²) in [7, 11) is -1.89. The van der Waals surface area contributed by atoms with Gasteiger partial charge in [-0.25, -0.2) is 4.58 Å². The van der Waals surface area contributed by atoms with Crippen molar-refractivity contribution in [1.82, 2.24) is 4.58 Å². The van der Waals surface area contributed by atoms with Crippen LogP contribution in [0.4, 0.5) is 17.3 Å². The summed E-state index contributed by atoms with van der Waals surface area (Å²) >= 11 is 0. The zero-order valence-corrected chi connectivity index (χ0v) is 14.1. The highest BCUT2D eigenvalue weighted by Gasteiger charge is 2.20. The van der Waals surface area contributed by atoms with Crippen LogP contribution in [0.3, 0.4) is 0 Å². The third-order valence-electron chi connectivity index (χ3n) is 3.51. The number of hydrogen-bond acceptors (Lipinski definition) is 1. The smallest absolute Gasteiger partial charge is 0.456 e. The van der Waals surface area contributed by atoms with E-state index in [2.05, 4.69) is 49.9 Å². The van der Waals surface area contributed by atoms with Gasteiger partial charge in [0.1, 0.15) is 25.6 Å². The molecule has 7 heteroatoms. The van der Waals surface area contributed by atoms with Crippen LogP contribution in [0.15, 0.2) is 59.0 Å². The van der Waals surface area contributed by atoms with Crippen molar-refractivity contribution in [3.63, 3.8) is 0 Å². The lowest BCUT2D eigenvalue weighted by Crippen LogP contribution is -2.24. The molecule has 3 rings (SSSR count). The van der Waals surface area contributed by atoms with Gasteiger partial charge in [-0.2, -0.15) is 0 Å². The van der Waals surface area contributed by atoms with Crippen molar-refractivity contribution in [3.05, 3.63) is 65.5 Å². The Balaban J connectivity index is 0.000000399. The van der Waals surface area contributed by atoms with E-state index in [9.17, 15) is 17.3 Å². The molecule has 132 valence electrons. The highest BCUT2D eigenvalue weighted by molar-refractivity contribution is 6.50. The molecule has 1 heterocycles. The molecule has 1 aromatic rings. The van der Waals surface area contributed by atoms with Crippen LogP contribution < -0.4 is 9.93 Å². The third-order valence-corrected chi connectivity index (χ3v) is 3.51. The minimum absolute atomic E-state index is 0.909. The van der Waals surface area contributed by atoms with Gasteiger partial charge in [0.15, 0.2) is 0 Å². The molecule has 0 saturated carbocycles. The molecule has 0 bridgehead atoms. The molecule has 0 spiro atoms. The van der Waals surface area contributed by atoms with Crippen LogP contribution in [-0.4, -0.2) is 21.3 Å². The van der Waals surface area contributed by atoms with Crippen molar-refractivity contribution in [3.8, 4) is 22.6 Å². The van der Waals surface area contributed by atoms with Crippen molar-refractivity contribution in [2.45, 2.75) is 6.92 Å². The topological polar surface area (TPSA) is 16.1 Å². The van der Waals surface area contributed by atoms with Gasteiger partial charge in [-0.3, -0.25) is 0 Å². The second kappa shape index (κ2) is 7.55. The Labute approximate surface area is 143 Å². The SMILES string of the molecule is Cc1cc(-c2ccccc2)oc2cccc(=[N+](C)C)c1-2.F[B-](F)(F)F. The van der Waals surface area contributed by atoms with E-state index in [1.165, 1.54) is 16.5 Å². The normalized spacial score (nSPS) is 11.0. The van der Waals surface area contributed by atoms with Gasteiger partial charge in [-0.15, -0.1) is 0 Å². The van der Waals surface area contributed by atoms with Gasteiger partial charge in [0.2, 0.25) is 5.36 Å². The molecular formula is C18H18BF4NO. The number of benzene rings is 2. The maximum absolute atomic E-state index is 9.75. The predicted molar refractivity (Wildman–Crippen MR) is 92.8 cm³/mol. The summed E-state index contributed by atoms with van der Waals surface area (Å²) < 4.78 is 47.2. The minimum atomic E-state index is -6.00. The molecule has 2 nitrogen and oxygen atoms in total. The number of rotatable bonds is 1. The first-order valence-electron chi connectivity index (χ1n) is 7.63. The average Bonchev–Trinajstić information content (AvgIpc) is 2.53. The molecule has 0 atom stereocenters. The fraction of sp³-hybridized carbons (Fsp3) is 0.167. The molecule has 1 aliphatic carbocycles. The van der Waals surface area contributed by atoms with E-state index in [-0.39, 0.29) is 0 Å². The molecule has 0 amide bonds. The highest BCUT2D eigenvalue weighted by Crippen LogP contribution is 2.29. The Morgan fingerprint density at radius 3 is 2.00 bits per heavy atom. The lowest BCUT2D eigenvalue weighted by molar-refractivity contribution is 0.368. The zero-order valence-electron chi connectivity index (χ0n) is 14.1. The Kier molecular flexibility index (Phi) is 5.67. The van der Waals surface area contributed by atoms with Crippen molar-refractivity contribution < 1.29 is 21.7 Å². The number of fused-ring (bicyclic) bond motifs is 1. The van der Waals surface area contributed by atoms with E-state index in [0.717, 1.165) is 17.1 Å². The molecule has 0 saturated heterocycles. The van der Waals surface area contributed by atoms with Crippen LogP contribution in [0.5, 0.6) is 0 Å². The molecule has 0 N–H and O–H groups in total. The van der Waals surface area contributed by atoms with Crippen LogP contribution in [-0.2, 0) is 0 Å². The first-order chi connectivity index (χ1) is 11.7. The monoisotopic (exact) mass is 351 g/mol. The van der Waals surface area contributed by atoms with E-state index in [1.807, 2.05) is 30.3 Å². The van der Waals surface area contributed by atoms with Crippen LogP contribution in [0.2, 0.25) is 0 Å². The first kappa shape index (κ1) is 18.8. The summed E-state index contributed by atoms with van der Waals surface area (Å²) in [6.07, 6.45) is 0. The quantitative estimate of drug-likeness (QED) is 0.353. The Bertz CT molecular complexity index is 878. The van der Waals surface area contributed by atoms with Gasteiger partial charge in [-0.05, 0) is 24.6 Å². The van der Waals surface area contributed by atoms with Gasteiger partial charge in [0.05, 0.1) is 5.56 Å². The van der Waals surface area contributed by atoms with Gasteiger partial charge >= 0.3 is 7.25 Å². The van der Waals surface area contributed by atoms with Gasteiger partial charge < -0.3 is 21.7 Å². The molecule has 0 fully saturated rings. The van der Waals surface area contributed by atoms with E-state index in [4.69, 9.17) is 4.42 Å². The maximum Gasteiger partial charge on any atom is 0.673 e. The number of hydrogen-bond donors (Lipinski definition) is 0. The summed E-state index contributed by atoms with van der Waals surface area (Å²) in [5.74, 6) is 1.83. The number of nitrogens with zero attached hydrogens (tertiary/aromatic N) is 1. The lowest BCUT2D eigenvalue weighted by atomic mass is 10.0. The summed E-state index contributed by atoms with van der Waals surface area (Å²) in [5, 5.41) is 1.18. The Hall–Kier alpha value is -2.57. The molecule has 2 aliphatic rings. The van der Waals surface area contributed by atoms with Crippen molar-refractivity contribution in [1.29, 1.82) is 0 Å². The Morgan fingerprint density at radius 2 is 1.44 bits per heavy atom. The van der Waals surface area contributed by atoms with Crippen molar-refractivity contribution in [2.24, 2.45) is 0 Å². The average molecular weight is 351 g/mol. The van der Waals surface area contributed by atoms with Gasteiger partial charge in [-0.1, -0.05) is 36.4 Å². The maximum atomic E-state index is 9.75. The van der Waals surface area contributed by atoms with Crippen LogP contribution in [0.1, 0.15) is 5.56 Å². The van der Waals surface area contributed by atoms with Gasteiger partial charge in [0.25, 0.3) is 0 Å². The van der Waals surface area contributed by atoms with E-state index >= 15 is 0 Å². The predicted octanol–water partition coefficient (Wildman–Crippen LogP) is 4.69. The second-order valence-corrected chi connectivity index (χ2v) is 5.70. The molecular weight excluding hydrogens is 333 g/mol. The summed E-state index contributed by atoms with van der Waals surface area (Å²) in [6, 6.07) is 18.5. The van der Waals surface area contributed by atoms with Crippen LogP contribution in [0, 0.1) is 6.92 Å². The molecule has 0 radical (unpaired) electrons. The van der Waals surface area contributed by atoms with E-state index < -0.39 is 7.25 Å². The molecule has 1 aromatic carbocycles. The highest BCUT2D eigenvalue weighted by atomic mass is 19.5. The number of halogens is 4. The fourth-order valence-corrected chi connectivity index (χ4v) is 2.54. The first-order valence-corrected chi connectivity index (χ1v) is 7.63. The minimum Gasteiger partial charge on any atom is -0.456 e. The van der Waals surface area contributed by atoms with Crippen LogP contribution in [0.25, 0.3) is 22.6 Å². The molecule has 25 heavy (non-hydrogen) atoms. The molecule has 0 aromatic heterocycles. The number of aryl methyl sites for hydroxylation is 1. The van der Waals surface area contributed by atoms with E-state index in [0.29, 0.717) is 0 Å². The Morgan fingerprint density at radius 1 is 0.840 bits per heavy atom. The lowest BCUT2D eigenvalue weighted by Gasteiger charge is -2.10. The van der Waals surface area contributed by atoms with Crippen molar-refractivity contribution >= 4 is 7.25 Å². The molecule has 0 unspecified atom stereocenters. The van der Waals surface area contributed by atoms with Crippen LogP contribution >= 0.6 is 0 Å². The molecule has 1 aliphatic heterocycles. The van der Waals surface area contributed by atoms with Crippen molar-refractivity contribution in [2.75, 3.05) is 14.1 Å². The summed E-state index contributed by atoms with van der Waals surface area (Å²) in [6.45, 7) is 2.14. The second-order valence-electron chi connectivity index (χ2n) is 5.70. The van der Waals surface area contributed by atoms with Gasteiger partial charge in [0, 0.05) is 11.6 Å². The standard InChI is InChI=1S/C18H18NO.BF4/c1-13-12-17(14-8-5-4-6-9-14)20-16-11-7-10-15(18(13)16)19(2)3;2-1(3,4)5/h4-12H,1-3H3;/q+1;-1. The fourth-order valence-electron chi connectivity index (χ4n) is 2.54. The zero-order chi connectivity index (χ0) is 18.6. The summed E-state index contributed by atoms with van der Waals surface area (Å²) in [4.78, 5) is 0. The largest absolute Gasteiger partial charge is 0.673 e.